The molecule has 0 bridgehead atoms. The number of halogens is 1. The lowest BCUT2D eigenvalue weighted by Gasteiger charge is -2.11. The Kier molecular flexibility index (Phi) is 6.65. The molecule has 0 aliphatic rings. The van der Waals surface area contributed by atoms with Gasteiger partial charge in [-0.25, -0.2) is 0 Å². The molecule has 0 aromatic heterocycles. The van der Waals surface area contributed by atoms with Crippen molar-refractivity contribution in [2.45, 2.75) is 0 Å². The quantitative estimate of drug-likeness (QED) is 0.409. The van der Waals surface area contributed by atoms with E-state index in [2.05, 4.69) is 23.3 Å². The zero-order valence-electron chi connectivity index (χ0n) is 12.4. The lowest BCUT2D eigenvalue weighted by atomic mass is 10.0. The first-order chi connectivity index (χ1) is 11.1. The Bertz CT molecular complexity index is 692. The van der Waals surface area contributed by atoms with Crippen LogP contribution in [0.25, 0.3) is 0 Å². The second kappa shape index (κ2) is 8.72. The lowest BCUT2D eigenvalue weighted by Crippen LogP contribution is -2.29. The molecule has 0 radical (unpaired) electrons. The summed E-state index contributed by atoms with van der Waals surface area (Å²) in [4.78, 5) is 24.6. The number of carbonyl (C=O) groups is 2. The Morgan fingerprint density at radius 1 is 1.09 bits per heavy atom. The number of thiol groups is 1. The molecule has 0 saturated carbocycles. The van der Waals surface area contributed by atoms with Gasteiger partial charge in [0.05, 0.1) is 12.2 Å². The van der Waals surface area contributed by atoms with Gasteiger partial charge in [0.1, 0.15) is 0 Å². The van der Waals surface area contributed by atoms with Gasteiger partial charge in [-0.1, -0.05) is 41.9 Å². The third-order valence-electron chi connectivity index (χ3n) is 3.11. The van der Waals surface area contributed by atoms with Crippen molar-refractivity contribution in [3.05, 3.63) is 64.7 Å². The maximum absolute atomic E-state index is 12.6. The van der Waals surface area contributed by atoms with Crippen LogP contribution in [0.4, 0.5) is 5.69 Å². The lowest BCUT2D eigenvalue weighted by molar-refractivity contribution is -0.115. The predicted molar refractivity (Wildman–Crippen MR) is 96.7 cm³/mol. The summed E-state index contributed by atoms with van der Waals surface area (Å²) < 4.78 is 0. The van der Waals surface area contributed by atoms with Gasteiger partial charge in [0.2, 0.25) is 5.91 Å². The first kappa shape index (κ1) is 17.5. The maximum atomic E-state index is 12.6. The highest BCUT2D eigenvalue weighted by molar-refractivity contribution is 7.80. The Labute approximate surface area is 145 Å². The topological polar surface area (TPSA) is 58.2 Å². The second-order valence-electron chi connectivity index (χ2n) is 4.83. The Balaban J connectivity index is 2.21. The van der Waals surface area contributed by atoms with E-state index in [9.17, 15) is 9.59 Å². The number of rotatable bonds is 7. The summed E-state index contributed by atoms with van der Waals surface area (Å²) in [6.45, 7) is 0.787. The van der Waals surface area contributed by atoms with Gasteiger partial charge in [0.25, 0.3) is 0 Å². The number of hydrogen-bond acceptors (Lipinski definition) is 4. The number of nitrogens with one attached hydrogen (secondary N) is 2. The van der Waals surface area contributed by atoms with Crippen molar-refractivity contribution >= 4 is 41.6 Å². The monoisotopic (exact) mass is 348 g/mol. The minimum absolute atomic E-state index is 0.155. The van der Waals surface area contributed by atoms with E-state index in [1.165, 1.54) is 0 Å². The first-order valence-electron chi connectivity index (χ1n) is 7.12. The predicted octanol–water partition coefficient (Wildman–Crippen LogP) is 3.03. The summed E-state index contributed by atoms with van der Waals surface area (Å²) in [5, 5.41) is 6.13. The van der Waals surface area contributed by atoms with Crippen LogP contribution in [0.2, 0.25) is 5.02 Å². The van der Waals surface area contributed by atoms with Crippen molar-refractivity contribution in [1.29, 1.82) is 0 Å². The molecule has 2 aromatic carbocycles. The fourth-order valence-electron chi connectivity index (χ4n) is 2.03. The van der Waals surface area contributed by atoms with Crippen molar-refractivity contribution in [3.63, 3.8) is 0 Å². The molecule has 120 valence electrons. The van der Waals surface area contributed by atoms with Crippen molar-refractivity contribution in [2.75, 3.05) is 24.2 Å². The molecule has 0 atom stereocenters. The van der Waals surface area contributed by atoms with E-state index in [1.54, 1.807) is 42.5 Å². The van der Waals surface area contributed by atoms with E-state index in [0.717, 1.165) is 0 Å². The molecular weight excluding hydrogens is 332 g/mol. The van der Waals surface area contributed by atoms with E-state index in [1.807, 2.05) is 6.07 Å². The Morgan fingerprint density at radius 3 is 2.52 bits per heavy atom. The van der Waals surface area contributed by atoms with Crippen LogP contribution in [-0.2, 0) is 4.79 Å². The smallest absolute Gasteiger partial charge is 0.238 e. The number of benzene rings is 2. The number of anilines is 1. The van der Waals surface area contributed by atoms with Crippen LogP contribution in [0, 0.1) is 0 Å². The Morgan fingerprint density at radius 2 is 1.83 bits per heavy atom. The number of carbonyl (C=O) groups excluding carboxylic acids is 2. The molecule has 2 N–H and O–H groups in total. The maximum Gasteiger partial charge on any atom is 0.238 e. The standard InChI is InChI=1S/C17H17ClN2O2S/c18-13-6-7-15(20-16(21)11-19-8-9-23)14(10-13)17(22)12-4-2-1-3-5-12/h1-7,10,19,23H,8-9,11H2,(H,20,21). The van der Waals surface area contributed by atoms with Crippen LogP contribution in [0.1, 0.15) is 15.9 Å². The Hall–Kier alpha value is -1.82. The summed E-state index contributed by atoms with van der Waals surface area (Å²) in [7, 11) is 0. The van der Waals surface area contributed by atoms with Gasteiger partial charge in [0, 0.05) is 28.4 Å². The normalized spacial score (nSPS) is 10.3. The largest absolute Gasteiger partial charge is 0.324 e. The highest BCUT2D eigenvalue weighted by Gasteiger charge is 2.15. The van der Waals surface area contributed by atoms with Crippen LogP contribution in [0.15, 0.2) is 48.5 Å². The van der Waals surface area contributed by atoms with Gasteiger partial charge in [-0.15, -0.1) is 0 Å². The van der Waals surface area contributed by atoms with Gasteiger partial charge in [0.15, 0.2) is 5.78 Å². The summed E-state index contributed by atoms with van der Waals surface area (Å²) in [6, 6.07) is 13.7. The van der Waals surface area contributed by atoms with Crippen molar-refractivity contribution < 1.29 is 9.59 Å². The van der Waals surface area contributed by atoms with E-state index < -0.39 is 0 Å². The van der Waals surface area contributed by atoms with E-state index in [4.69, 9.17) is 11.6 Å². The summed E-state index contributed by atoms with van der Waals surface area (Å²) in [6.07, 6.45) is 0. The molecule has 0 fully saturated rings. The van der Waals surface area contributed by atoms with Crippen molar-refractivity contribution in [1.82, 2.24) is 5.32 Å². The second-order valence-corrected chi connectivity index (χ2v) is 5.72. The number of amides is 1. The summed E-state index contributed by atoms with van der Waals surface area (Å²) in [5.41, 5.74) is 1.35. The molecule has 23 heavy (non-hydrogen) atoms. The van der Waals surface area contributed by atoms with Crippen LogP contribution < -0.4 is 10.6 Å². The molecule has 2 rings (SSSR count). The van der Waals surface area contributed by atoms with Gasteiger partial charge >= 0.3 is 0 Å². The summed E-state index contributed by atoms with van der Waals surface area (Å²) >= 11 is 10.1. The molecule has 0 spiro atoms. The zero-order chi connectivity index (χ0) is 16.7. The molecule has 6 heteroatoms. The third-order valence-corrected chi connectivity index (χ3v) is 3.57. The van der Waals surface area contributed by atoms with Gasteiger partial charge in [-0.2, -0.15) is 12.6 Å². The minimum atomic E-state index is -0.226. The van der Waals surface area contributed by atoms with E-state index >= 15 is 0 Å². The van der Waals surface area contributed by atoms with Crippen LogP contribution in [0.5, 0.6) is 0 Å². The SMILES string of the molecule is O=C(CNCCS)Nc1ccc(Cl)cc1C(=O)c1ccccc1. The highest BCUT2D eigenvalue weighted by atomic mass is 35.5. The molecule has 4 nitrogen and oxygen atoms in total. The highest BCUT2D eigenvalue weighted by Crippen LogP contribution is 2.23. The third kappa shape index (κ3) is 5.10. The molecule has 0 aliphatic carbocycles. The summed E-state index contributed by atoms with van der Waals surface area (Å²) in [5.74, 6) is 0.231. The van der Waals surface area contributed by atoms with E-state index in [0.29, 0.717) is 34.1 Å². The van der Waals surface area contributed by atoms with Crippen molar-refractivity contribution in [2.24, 2.45) is 0 Å². The van der Waals surface area contributed by atoms with Crippen molar-refractivity contribution in [3.8, 4) is 0 Å². The van der Waals surface area contributed by atoms with Gasteiger partial charge < -0.3 is 10.6 Å². The fraction of sp³-hybridized carbons (Fsp3) is 0.176. The van der Waals surface area contributed by atoms with Gasteiger partial charge in [-0.3, -0.25) is 9.59 Å². The number of hydrogen-bond donors (Lipinski definition) is 3. The molecule has 2 aromatic rings. The molecule has 0 aliphatic heterocycles. The van der Waals surface area contributed by atoms with Crippen LogP contribution in [0.3, 0.4) is 0 Å². The zero-order valence-corrected chi connectivity index (χ0v) is 14.0. The van der Waals surface area contributed by atoms with Crippen LogP contribution in [-0.4, -0.2) is 30.5 Å². The number of ketones is 1. The molecule has 0 unspecified atom stereocenters. The average molecular weight is 349 g/mol. The average Bonchev–Trinajstić information content (AvgIpc) is 2.57. The first-order valence-corrected chi connectivity index (χ1v) is 8.13. The molecular formula is C17H17ClN2O2S. The molecule has 1 amide bonds. The van der Waals surface area contributed by atoms with E-state index in [-0.39, 0.29) is 18.2 Å². The minimum Gasteiger partial charge on any atom is -0.324 e. The van der Waals surface area contributed by atoms with Gasteiger partial charge in [-0.05, 0) is 18.2 Å². The fourth-order valence-corrected chi connectivity index (χ4v) is 2.36. The molecule has 0 saturated heterocycles. The molecule has 0 heterocycles. The van der Waals surface area contributed by atoms with Crippen LogP contribution >= 0.6 is 24.2 Å².